The van der Waals surface area contributed by atoms with Crippen LogP contribution < -0.4 is 11.9 Å². The second-order valence-corrected chi connectivity index (χ2v) is 1.50. The molecule has 0 saturated carbocycles. The molecule has 0 unspecified atom stereocenters. The summed E-state index contributed by atoms with van der Waals surface area (Å²) in [4.78, 5) is 0. The lowest BCUT2D eigenvalue weighted by atomic mass is 10.2. The first-order chi connectivity index (χ1) is 3.77. The topological polar surface area (TPSA) is 61.0 Å². The Morgan fingerprint density at radius 3 is 1.78 bits per heavy atom. The largest absolute Gasteiger partial charge is 0.344 e. The van der Waals surface area contributed by atoms with Crippen molar-refractivity contribution in [2.45, 2.75) is 27.2 Å². The van der Waals surface area contributed by atoms with E-state index in [9.17, 15) is 0 Å². The second kappa shape index (κ2) is 15.6. The van der Waals surface area contributed by atoms with Gasteiger partial charge < -0.3 is 11.9 Å². The molecule has 0 bridgehead atoms. The van der Waals surface area contributed by atoms with E-state index in [1.165, 1.54) is 0 Å². The second-order valence-electron chi connectivity index (χ2n) is 1.50. The van der Waals surface area contributed by atoms with Crippen molar-refractivity contribution >= 4 is 0 Å². The Bertz CT molecular complexity index is 50.9. The van der Waals surface area contributed by atoms with Gasteiger partial charge >= 0.3 is 0 Å². The van der Waals surface area contributed by atoms with Gasteiger partial charge in [0.15, 0.2) is 0 Å². The predicted molar refractivity (Wildman–Crippen MR) is 44.9 cm³/mol. The molecule has 0 radical (unpaired) electrons. The molecule has 0 aliphatic carbocycles. The van der Waals surface area contributed by atoms with Crippen LogP contribution in [0.5, 0.6) is 0 Å². The van der Waals surface area contributed by atoms with Gasteiger partial charge in [0, 0.05) is 0 Å². The molecular weight excluding hydrogens is 112 g/mol. The van der Waals surface area contributed by atoms with Gasteiger partial charge in [0.25, 0.3) is 0 Å². The standard InChI is InChI=1S/C5H11N.C2H6.H3N/c1-5(2)3-4-6;1-2;/h1,3-4,6H2,2H3;1-2H3;1H3. The molecular formula is C7H20N2. The Morgan fingerprint density at radius 2 is 1.78 bits per heavy atom. The first kappa shape index (κ1) is 15.9. The van der Waals surface area contributed by atoms with Crippen LogP contribution in [0.1, 0.15) is 27.2 Å². The van der Waals surface area contributed by atoms with E-state index in [0.29, 0.717) is 0 Å². The summed E-state index contributed by atoms with van der Waals surface area (Å²) in [5.74, 6) is 0. The van der Waals surface area contributed by atoms with Crippen molar-refractivity contribution in [3.05, 3.63) is 12.2 Å². The molecule has 5 N–H and O–H groups in total. The summed E-state index contributed by atoms with van der Waals surface area (Å²) in [6.07, 6.45) is 0.958. The molecule has 0 aliphatic rings. The summed E-state index contributed by atoms with van der Waals surface area (Å²) in [7, 11) is 0. The molecule has 0 amide bonds. The van der Waals surface area contributed by atoms with Gasteiger partial charge in [-0.2, -0.15) is 0 Å². The molecule has 9 heavy (non-hydrogen) atoms. The van der Waals surface area contributed by atoms with Gasteiger partial charge in [-0.3, -0.25) is 0 Å². The van der Waals surface area contributed by atoms with Gasteiger partial charge in [0.2, 0.25) is 0 Å². The smallest absolute Gasteiger partial charge is 0.00402 e. The average Bonchev–Trinajstić information content (AvgIpc) is 1.72. The monoisotopic (exact) mass is 132 g/mol. The lowest BCUT2D eigenvalue weighted by Crippen LogP contribution is -1.97. The highest BCUT2D eigenvalue weighted by Gasteiger charge is 1.76. The van der Waals surface area contributed by atoms with Crippen molar-refractivity contribution in [3.8, 4) is 0 Å². The molecule has 0 atom stereocenters. The molecule has 0 spiro atoms. The molecule has 0 rings (SSSR count). The summed E-state index contributed by atoms with van der Waals surface area (Å²) in [5.41, 5.74) is 6.33. The summed E-state index contributed by atoms with van der Waals surface area (Å²) < 4.78 is 0. The average molecular weight is 132 g/mol. The number of rotatable bonds is 2. The van der Waals surface area contributed by atoms with Crippen LogP contribution in [0.3, 0.4) is 0 Å². The molecule has 2 nitrogen and oxygen atoms in total. The summed E-state index contributed by atoms with van der Waals surface area (Å²) >= 11 is 0. The first-order valence-corrected chi connectivity index (χ1v) is 3.12. The fraction of sp³-hybridized carbons (Fsp3) is 0.714. The molecule has 0 saturated heterocycles. The zero-order chi connectivity index (χ0) is 6.99. The van der Waals surface area contributed by atoms with Crippen LogP contribution in [0.4, 0.5) is 0 Å². The van der Waals surface area contributed by atoms with Crippen molar-refractivity contribution < 1.29 is 0 Å². The Balaban J connectivity index is -0.000000109. The summed E-state index contributed by atoms with van der Waals surface area (Å²) in [5, 5.41) is 0. The van der Waals surface area contributed by atoms with Crippen LogP contribution in [0.2, 0.25) is 0 Å². The zero-order valence-corrected chi connectivity index (χ0v) is 6.91. The maximum absolute atomic E-state index is 5.17. The van der Waals surface area contributed by atoms with Gasteiger partial charge in [0.05, 0.1) is 0 Å². The Morgan fingerprint density at radius 1 is 1.44 bits per heavy atom. The Kier molecular flexibility index (Phi) is 27.6. The highest BCUT2D eigenvalue weighted by atomic mass is 14.5. The molecule has 58 valence electrons. The third-order valence-corrected chi connectivity index (χ3v) is 0.571. The fourth-order valence-electron chi connectivity index (χ4n) is 0.246. The lowest BCUT2D eigenvalue weighted by Gasteiger charge is -1.87. The quantitative estimate of drug-likeness (QED) is 0.565. The minimum absolute atomic E-state index is 0. The molecule has 0 fully saturated rings. The van der Waals surface area contributed by atoms with Gasteiger partial charge in [-0.15, -0.1) is 6.58 Å². The molecule has 0 aromatic rings. The maximum atomic E-state index is 5.17. The van der Waals surface area contributed by atoms with Crippen molar-refractivity contribution in [1.29, 1.82) is 0 Å². The third kappa shape index (κ3) is 34.7. The molecule has 0 aromatic carbocycles. The summed E-state index contributed by atoms with van der Waals surface area (Å²) in [6, 6.07) is 0. The van der Waals surface area contributed by atoms with Crippen LogP contribution in [-0.2, 0) is 0 Å². The Labute approximate surface area is 58.7 Å². The van der Waals surface area contributed by atoms with Gasteiger partial charge in [0.1, 0.15) is 0 Å². The van der Waals surface area contributed by atoms with E-state index < -0.39 is 0 Å². The van der Waals surface area contributed by atoms with E-state index in [1.807, 2.05) is 20.8 Å². The van der Waals surface area contributed by atoms with E-state index in [0.717, 1.165) is 18.5 Å². The fourth-order valence-corrected chi connectivity index (χ4v) is 0.246. The predicted octanol–water partition coefficient (Wildman–Crippen LogP) is 2.10. The Hall–Kier alpha value is -0.340. The molecule has 2 heteroatoms. The van der Waals surface area contributed by atoms with Crippen LogP contribution >= 0.6 is 0 Å². The van der Waals surface area contributed by atoms with Crippen molar-refractivity contribution in [3.63, 3.8) is 0 Å². The van der Waals surface area contributed by atoms with E-state index in [-0.39, 0.29) is 6.15 Å². The van der Waals surface area contributed by atoms with Crippen LogP contribution in [0, 0.1) is 0 Å². The minimum atomic E-state index is 0. The van der Waals surface area contributed by atoms with Crippen molar-refractivity contribution in [2.24, 2.45) is 5.73 Å². The number of hydrogen-bond acceptors (Lipinski definition) is 2. The van der Waals surface area contributed by atoms with Crippen LogP contribution in [0.25, 0.3) is 0 Å². The first-order valence-electron chi connectivity index (χ1n) is 3.12. The molecule has 0 aliphatic heterocycles. The third-order valence-electron chi connectivity index (χ3n) is 0.571. The van der Waals surface area contributed by atoms with Crippen molar-refractivity contribution in [1.82, 2.24) is 6.15 Å². The zero-order valence-electron chi connectivity index (χ0n) is 6.91. The van der Waals surface area contributed by atoms with Gasteiger partial charge in [-0.1, -0.05) is 19.4 Å². The maximum Gasteiger partial charge on any atom is -0.00402 e. The number of nitrogens with two attached hydrogens (primary N) is 1. The molecule has 0 aromatic heterocycles. The van der Waals surface area contributed by atoms with E-state index in [1.54, 1.807) is 0 Å². The van der Waals surface area contributed by atoms with Crippen molar-refractivity contribution in [2.75, 3.05) is 6.54 Å². The highest BCUT2D eigenvalue weighted by molar-refractivity contribution is 4.87. The van der Waals surface area contributed by atoms with Gasteiger partial charge in [-0.25, -0.2) is 0 Å². The summed E-state index contributed by atoms with van der Waals surface area (Å²) in [6.45, 7) is 10.4. The van der Waals surface area contributed by atoms with Crippen LogP contribution in [-0.4, -0.2) is 6.54 Å². The number of hydrogen-bond donors (Lipinski definition) is 2. The van der Waals surface area contributed by atoms with Gasteiger partial charge in [-0.05, 0) is 19.9 Å². The normalized spacial score (nSPS) is 6.22. The van der Waals surface area contributed by atoms with E-state index >= 15 is 0 Å². The SMILES string of the molecule is C=C(C)CCN.CC.N. The van der Waals surface area contributed by atoms with Crippen LogP contribution in [0.15, 0.2) is 12.2 Å². The van der Waals surface area contributed by atoms with E-state index in [4.69, 9.17) is 5.73 Å². The van der Waals surface area contributed by atoms with E-state index in [2.05, 4.69) is 6.58 Å². The lowest BCUT2D eigenvalue weighted by molar-refractivity contribution is 0.955. The molecule has 0 heterocycles. The highest BCUT2D eigenvalue weighted by Crippen LogP contribution is 1.88. The minimum Gasteiger partial charge on any atom is -0.344 e.